The largest absolute Gasteiger partial charge is 0.486 e. The van der Waals surface area contributed by atoms with Crippen molar-refractivity contribution >= 4 is 27.9 Å². The van der Waals surface area contributed by atoms with E-state index >= 15 is 0 Å². The van der Waals surface area contributed by atoms with Gasteiger partial charge in [-0.1, -0.05) is 0 Å². The zero-order valence-electron chi connectivity index (χ0n) is 12.2. The van der Waals surface area contributed by atoms with Crippen molar-refractivity contribution in [2.75, 3.05) is 30.8 Å². The van der Waals surface area contributed by atoms with Crippen LogP contribution in [-0.2, 0) is 0 Å². The summed E-state index contributed by atoms with van der Waals surface area (Å²) in [6.45, 7) is 9.21. The molecule has 0 saturated carbocycles. The summed E-state index contributed by atoms with van der Waals surface area (Å²) >= 11 is 1.37. The number of nitrogens with two attached hydrogens (primary N) is 1. The Kier molecular flexibility index (Phi) is 5.47. The second-order valence-electron chi connectivity index (χ2n) is 4.52. The molecule has 0 unspecified atom stereocenters. The van der Waals surface area contributed by atoms with Gasteiger partial charge in [0.1, 0.15) is 15.6 Å². The van der Waals surface area contributed by atoms with Crippen LogP contribution >= 0.6 is 11.3 Å². The summed E-state index contributed by atoms with van der Waals surface area (Å²) in [6.07, 6.45) is 0.0167. The van der Waals surface area contributed by atoms with Crippen molar-refractivity contribution in [3.05, 3.63) is 4.88 Å². The molecule has 1 aromatic rings. The lowest BCUT2D eigenvalue weighted by Crippen LogP contribution is -2.22. The maximum absolute atomic E-state index is 12.0. The van der Waals surface area contributed by atoms with Crippen LogP contribution in [0.15, 0.2) is 0 Å². The molecule has 0 aromatic carbocycles. The number of hydrogen-bond donors (Lipinski definition) is 2. The van der Waals surface area contributed by atoms with Gasteiger partial charge >= 0.3 is 0 Å². The lowest BCUT2D eigenvalue weighted by molar-refractivity contribution is 0.0960. The molecule has 0 aliphatic heterocycles. The van der Waals surface area contributed by atoms with Gasteiger partial charge in [0.25, 0.3) is 5.91 Å². The molecule has 19 heavy (non-hydrogen) atoms. The molecule has 0 atom stereocenters. The smallest absolute Gasteiger partial charge is 0.263 e. The average Bonchev–Trinajstić information content (AvgIpc) is 2.66. The molecule has 6 heteroatoms. The van der Waals surface area contributed by atoms with Crippen LogP contribution in [0.1, 0.15) is 37.4 Å². The monoisotopic (exact) mass is 285 g/mol. The summed E-state index contributed by atoms with van der Waals surface area (Å²) in [6, 6.07) is 0. The minimum atomic E-state index is -0.144. The summed E-state index contributed by atoms with van der Waals surface area (Å²) in [5.74, 6) is 0.472. The minimum absolute atomic E-state index is 0.0167. The van der Waals surface area contributed by atoms with Crippen LogP contribution in [0.4, 0.5) is 10.7 Å². The van der Waals surface area contributed by atoms with Crippen molar-refractivity contribution in [3.63, 3.8) is 0 Å². The first kappa shape index (κ1) is 15.6. The van der Waals surface area contributed by atoms with E-state index in [1.807, 2.05) is 39.6 Å². The first-order valence-electron chi connectivity index (χ1n) is 6.50. The summed E-state index contributed by atoms with van der Waals surface area (Å²) in [5.41, 5.74) is 6.50. The normalized spacial score (nSPS) is 10.6. The Hall–Kier alpha value is -1.43. The molecule has 0 aliphatic carbocycles. The van der Waals surface area contributed by atoms with Crippen molar-refractivity contribution in [3.8, 4) is 5.75 Å². The summed E-state index contributed by atoms with van der Waals surface area (Å²) < 4.78 is 5.77. The van der Waals surface area contributed by atoms with Crippen molar-refractivity contribution in [2.24, 2.45) is 0 Å². The molecule has 0 radical (unpaired) electrons. The highest BCUT2D eigenvalue weighted by Crippen LogP contribution is 2.44. The van der Waals surface area contributed by atoms with E-state index in [1.165, 1.54) is 11.3 Å². The SMILES string of the molecule is CCNC(=O)c1sc(N(C)CC)c(OC(C)C)c1N. The van der Waals surface area contributed by atoms with Gasteiger partial charge in [-0.2, -0.15) is 0 Å². The second-order valence-corrected chi connectivity index (χ2v) is 5.52. The Balaban J connectivity index is 3.21. The van der Waals surface area contributed by atoms with Gasteiger partial charge in [0.2, 0.25) is 0 Å². The van der Waals surface area contributed by atoms with Crippen LogP contribution in [0.5, 0.6) is 5.75 Å². The van der Waals surface area contributed by atoms with Crippen molar-refractivity contribution < 1.29 is 9.53 Å². The molecule has 0 aliphatic rings. The number of carbonyl (C=O) groups is 1. The van der Waals surface area contributed by atoms with E-state index in [2.05, 4.69) is 5.32 Å². The van der Waals surface area contributed by atoms with E-state index in [-0.39, 0.29) is 12.0 Å². The molecule has 1 heterocycles. The number of nitrogens with zero attached hydrogens (tertiary/aromatic N) is 1. The van der Waals surface area contributed by atoms with Gasteiger partial charge in [0.15, 0.2) is 5.75 Å². The van der Waals surface area contributed by atoms with Crippen LogP contribution in [0.3, 0.4) is 0 Å². The molecule has 0 fully saturated rings. The third-order valence-electron chi connectivity index (χ3n) is 2.60. The standard InChI is InChI=1S/C13H23N3O2S/c1-6-15-12(17)11-9(14)10(18-8(3)4)13(19-11)16(5)7-2/h8H,6-7,14H2,1-5H3,(H,15,17). The first-order valence-corrected chi connectivity index (χ1v) is 7.32. The van der Waals surface area contributed by atoms with Crippen LogP contribution in [0, 0.1) is 0 Å². The fraction of sp³-hybridized carbons (Fsp3) is 0.615. The Bertz CT molecular complexity index is 443. The highest BCUT2D eigenvalue weighted by Gasteiger charge is 2.24. The highest BCUT2D eigenvalue weighted by atomic mass is 32.1. The maximum atomic E-state index is 12.0. The molecule has 1 rings (SSSR count). The number of nitrogen functional groups attached to an aromatic ring is 1. The highest BCUT2D eigenvalue weighted by molar-refractivity contribution is 7.19. The molecule has 1 aromatic heterocycles. The number of anilines is 2. The molecule has 1 amide bonds. The number of thiophene rings is 1. The number of amides is 1. The Morgan fingerprint density at radius 1 is 1.47 bits per heavy atom. The zero-order valence-corrected chi connectivity index (χ0v) is 13.1. The molecular formula is C13H23N3O2S. The Morgan fingerprint density at radius 2 is 2.11 bits per heavy atom. The lowest BCUT2D eigenvalue weighted by Gasteiger charge is -2.18. The van der Waals surface area contributed by atoms with Crippen LogP contribution in [-0.4, -0.2) is 32.1 Å². The molecule has 3 N–H and O–H groups in total. The molecule has 0 spiro atoms. The first-order chi connectivity index (χ1) is 8.92. The Morgan fingerprint density at radius 3 is 2.58 bits per heavy atom. The van der Waals surface area contributed by atoms with Crippen molar-refractivity contribution in [1.29, 1.82) is 0 Å². The Labute approximate surface area is 118 Å². The molecule has 0 saturated heterocycles. The lowest BCUT2D eigenvalue weighted by atomic mass is 10.3. The predicted molar refractivity (Wildman–Crippen MR) is 81.4 cm³/mol. The fourth-order valence-corrected chi connectivity index (χ4v) is 2.67. The van der Waals surface area contributed by atoms with Gasteiger partial charge in [-0.25, -0.2) is 0 Å². The van der Waals surface area contributed by atoms with Gasteiger partial charge in [0.05, 0.1) is 6.10 Å². The fourth-order valence-electron chi connectivity index (χ4n) is 1.57. The quantitative estimate of drug-likeness (QED) is 0.841. The molecule has 5 nitrogen and oxygen atoms in total. The summed E-state index contributed by atoms with van der Waals surface area (Å²) in [7, 11) is 1.96. The minimum Gasteiger partial charge on any atom is -0.486 e. The van der Waals surface area contributed by atoms with E-state index in [0.29, 0.717) is 22.9 Å². The second kappa shape index (κ2) is 6.65. The van der Waals surface area contributed by atoms with E-state index in [0.717, 1.165) is 11.5 Å². The van der Waals surface area contributed by atoms with Gasteiger partial charge in [-0.3, -0.25) is 4.79 Å². The summed E-state index contributed by atoms with van der Waals surface area (Å²) in [5, 5.41) is 3.67. The number of ether oxygens (including phenoxy) is 1. The van der Waals surface area contributed by atoms with E-state index < -0.39 is 0 Å². The molecular weight excluding hydrogens is 262 g/mol. The van der Waals surface area contributed by atoms with Crippen molar-refractivity contribution in [2.45, 2.75) is 33.8 Å². The van der Waals surface area contributed by atoms with Crippen LogP contribution < -0.4 is 20.7 Å². The van der Waals surface area contributed by atoms with E-state index in [9.17, 15) is 4.79 Å². The number of carbonyl (C=O) groups excluding carboxylic acids is 1. The predicted octanol–water partition coefficient (Wildman–Crippen LogP) is 2.32. The molecule has 108 valence electrons. The molecule has 0 bridgehead atoms. The summed E-state index contributed by atoms with van der Waals surface area (Å²) in [4.78, 5) is 14.5. The van der Waals surface area contributed by atoms with E-state index in [1.54, 1.807) is 0 Å². The number of rotatable bonds is 6. The third kappa shape index (κ3) is 3.53. The van der Waals surface area contributed by atoms with E-state index in [4.69, 9.17) is 10.5 Å². The maximum Gasteiger partial charge on any atom is 0.263 e. The average molecular weight is 285 g/mol. The third-order valence-corrected chi connectivity index (χ3v) is 3.90. The number of nitrogens with one attached hydrogen (secondary N) is 1. The van der Waals surface area contributed by atoms with Crippen LogP contribution in [0.2, 0.25) is 0 Å². The van der Waals surface area contributed by atoms with Gasteiger partial charge in [0, 0.05) is 20.1 Å². The van der Waals surface area contributed by atoms with Gasteiger partial charge in [-0.05, 0) is 27.7 Å². The van der Waals surface area contributed by atoms with Crippen LogP contribution in [0.25, 0.3) is 0 Å². The topological polar surface area (TPSA) is 67.6 Å². The zero-order chi connectivity index (χ0) is 14.6. The van der Waals surface area contributed by atoms with Gasteiger partial charge < -0.3 is 20.7 Å². The van der Waals surface area contributed by atoms with Crippen molar-refractivity contribution in [1.82, 2.24) is 5.32 Å². The van der Waals surface area contributed by atoms with Gasteiger partial charge in [-0.15, -0.1) is 11.3 Å². The number of hydrogen-bond acceptors (Lipinski definition) is 5.